The van der Waals surface area contributed by atoms with Crippen LogP contribution < -0.4 is 10.2 Å². The van der Waals surface area contributed by atoms with Crippen LogP contribution in [0.4, 0.5) is 0 Å². The van der Waals surface area contributed by atoms with Gasteiger partial charge in [-0.2, -0.15) is 10.2 Å². The van der Waals surface area contributed by atoms with Gasteiger partial charge in [-0.1, -0.05) is 56.3 Å². The number of aromatic amines is 1. The third kappa shape index (κ3) is 4.85. The van der Waals surface area contributed by atoms with Crippen molar-refractivity contribution < 1.29 is 9.53 Å². The van der Waals surface area contributed by atoms with Crippen molar-refractivity contribution in [3.8, 4) is 17.0 Å². The zero-order valence-electron chi connectivity index (χ0n) is 16.3. The second kappa shape index (κ2) is 8.99. The summed E-state index contributed by atoms with van der Waals surface area (Å²) >= 11 is 0. The van der Waals surface area contributed by atoms with Crippen LogP contribution in [0.3, 0.4) is 0 Å². The maximum Gasteiger partial charge on any atom is 0.277 e. The van der Waals surface area contributed by atoms with Gasteiger partial charge >= 0.3 is 0 Å². The van der Waals surface area contributed by atoms with Crippen LogP contribution in [0, 0.1) is 6.92 Å². The Bertz CT molecular complexity index is 962. The fourth-order valence-corrected chi connectivity index (χ4v) is 2.82. The van der Waals surface area contributed by atoms with Crippen LogP contribution in [-0.4, -0.2) is 28.9 Å². The highest BCUT2D eigenvalue weighted by atomic mass is 16.5. The minimum absolute atomic E-state index is 0.0998. The Hall–Kier alpha value is -3.41. The molecule has 1 amide bonds. The molecular formula is C22H24N4O2. The van der Waals surface area contributed by atoms with E-state index in [2.05, 4.69) is 34.6 Å². The summed E-state index contributed by atoms with van der Waals surface area (Å²) in [5.74, 6) is 0.724. The molecule has 1 aromatic heterocycles. The summed E-state index contributed by atoms with van der Waals surface area (Å²) in [4.78, 5) is 12.1. The number of benzene rings is 2. The maximum absolute atomic E-state index is 12.1. The molecule has 6 heteroatoms. The molecule has 0 bridgehead atoms. The van der Waals surface area contributed by atoms with Gasteiger partial charge in [-0.3, -0.25) is 9.89 Å². The summed E-state index contributed by atoms with van der Waals surface area (Å²) in [5.41, 5.74) is 7.29. The molecule has 0 radical (unpaired) electrons. The minimum atomic E-state index is -0.322. The van der Waals surface area contributed by atoms with Crippen LogP contribution in [0.1, 0.15) is 36.5 Å². The van der Waals surface area contributed by atoms with Gasteiger partial charge in [0, 0.05) is 11.1 Å². The van der Waals surface area contributed by atoms with E-state index >= 15 is 0 Å². The molecule has 0 atom stereocenters. The second-order valence-corrected chi connectivity index (χ2v) is 6.84. The van der Waals surface area contributed by atoms with Crippen LogP contribution >= 0.6 is 0 Å². The van der Waals surface area contributed by atoms with Gasteiger partial charge in [0.25, 0.3) is 5.91 Å². The SMILES string of the molecule is Cc1ccc(C(C)C)c(OCC(=O)N/N=C/c2cn[nH]c2-c2ccccc2)c1. The van der Waals surface area contributed by atoms with Gasteiger partial charge in [-0.05, 0) is 30.0 Å². The standard InChI is InChI=1S/C22H24N4O2/c1-15(2)19-10-9-16(3)11-20(19)28-14-21(27)25-23-12-18-13-24-26-22(18)17-7-5-4-6-8-17/h4-13,15H,14H2,1-3H3,(H,24,26)(H,25,27)/b23-12+. The monoisotopic (exact) mass is 376 g/mol. The van der Waals surface area contributed by atoms with E-state index < -0.39 is 0 Å². The summed E-state index contributed by atoms with van der Waals surface area (Å²) in [6, 6.07) is 15.8. The van der Waals surface area contributed by atoms with Gasteiger partial charge in [-0.15, -0.1) is 0 Å². The lowest BCUT2D eigenvalue weighted by molar-refractivity contribution is -0.123. The fourth-order valence-electron chi connectivity index (χ4n) is 2.82. The quantitative estimate of drug-likeness (QED) is 0.482. The molecule has 0 saturated carbocycles. The van der Waals surface area contributed by atoms with Gasteiger partial charge in [-0.25, -0.2) is 5.43 Å². The highest BCUT2D eigenvalue weighted by Gasteiger charge is 2.10. The van der Waals surface area contributed by atoms with E-state index in [4.69, 9.17) is 4.74 Å². The van der Waals surface area contributed by atoms with E-state index in [-0.39, 0.29) is 12.5 Å². The number of H-pyrrole nitrogens is 1. The first kappa shape index (κ1) is 19.4. The molecule has 0 aliphatic rings. The minimum Gasteiger partial charge on any atom is -0.483 e. The molecule has 0 spiro atoms. The van der Waals surface area contributed by atoms with Gasteiger partial charge in [0.1, 0.15) is 5.75 Å². The van der Waals surface area contributed by atoms with Crippen molar-refractivity contribution in [2.45, 2.75) is 26.7 Å². The van der Waals surface area contributed by atoms with Gasteiger partial charge < -0.3 is 4.74 Å². The summed E-state index contributed by atoms with van der Waals surface area (Å²) in [6.07, 6.45) is 3.23. The summed E-state index contributed by atoms with van der Waals surface area (Å²) in [5, 5.41) is 11.0. The van der Waals surface area contributed by atoms with E-state index in [9.17, 15) is 4.79 Å². The molecule has 2 aromatic carbocycles. The topological polar surface area (TPSA) is 79.4 Å². The zero-order valence-corrected chi connectivity index (χ0v) is 16.3. The fraction of sp³-hybridized carbons (Fsp3) is 0.227. The Kier molecular flexibility index (Phi) is 6.22. The molecule has 0 aliphatic heterocycles. The number of carbonyl (C=O) groups excluding carboxylic acids is 1. The number of hydrogen-bond donors (Lipinski definition) is 2. The molecule has 28 heavy (non-hydrogen) atoms. The third-order valence-corrected chi connectivity index (χ3v) is 4.27. The van der Waals surface area contributed by atoms with E-state index in [0.717, 1.165) is 33.7 Å². The average molecular weight is 376 g/mol. The Morgan fingerprint density at radius 3 is 2.79 bits per heavy atom. The number of hydrogen-bond acceptors (Lipinski definition) is 4. The van der Waals surface area contributed by atoms with Gasteiger partial charge in [0.05, 0.1) is 18.1 Å². The molecular weight excluding hydrogens is 352 g/mol. The Morgan fingerprint density at radius 1 is 1.25 bits per heavy atom. The highest BCUT2D eigenvalue weighted by Crippen LogP contribution is 2.27. The number of aryl methyl sites for hydroxylation is 1. The lowest BCUT2D eigenvalue weighted by atomic mass is 10.0. The largest absolute Gasteiger partial charge is 0.483 e. The van der Waals surface area contributed by atoms with Crippen LogP contribution in [0.25, 0.3) is 11.3 Å². The Balaban J connectivity index is 1.59. The Morgan fingerprint density at radius 2 is 2.04 bits per heavy atom. The summed E-state index contributed by atoms with van der Waals surface area (Å²) < 4.78 is 5.72. The zero-order chi connectivity index (χ0) is 19.9. The molecule has 144 valence electrons. The summed E-state index contributed by atoms with van der Waals surface area (Å²) in [6.45, 7) is 6.09. The highest BCUT2D eigenvalue weighted by molar-refractivity contribution is 5.89. The summed E-state index contributed by atoms with van der Waals surface area (Å²) in [7, 11) is 0. The third-order valence-electron chi connectivity index (χ3n) is 4.27. The predicted octanol–water partition coefficient (Wildman–Crippen LogP) is 4.04. The van der Waals surface area contributed by atoms with Crippen molar-refractivity contribution in [1.29, 1.82) is 0 Å². The van der Waals surface area contributed by atoms with E-state index in [0.29, 0.717) is 5.92 Å². The van der Waals surface area contributed by atoms with Gasteiger partial charge in [0.2, 0.25) is 0 Å². The number of nitrogens with one attached hydrogen (secondary N) is 2. The first-order valence-electron chi connectivity index (χ1n) is 9.18. The van der Waals surface area contributed by atoms with E-state index in [1.165, 1.54) is 0 Å². The first-order chi connectivity index (χ1) is 13.5. The number of hydrazone groups is 1. The van der Waals surface area contributed by atoms with Crippen molar-refractivity contribution in [2.75, 3.05) is 6.61 Å². The number of carbonyl (C=O) groups is 1. The average Bonchev–Trinajstić information content (AvgIpc) is 3.15. The molecule has 0 saturated heterocycles. The van der Waals surface area contributed by atoms with Crippen molar-refractivity contribution in [2.24, 2.45) is 5.10 Å². The van der Waals surface area contributed by atoms with Crippen molar-refractivity contribution in [3.05, 3.63) is 71.4 Å². The molecule has 0 fully saturated rings. The maximum atomic E-state index is 12.1. The molecule has 3 aromatic rings. The number of nitrogens with zero attached hydrogens (tertiary/aromatic N) is 2. The van der Waals surface area contributed by atoms with E-state index in [1.807, 2.05) is 55.5 Å². The molecule has 2 N–H and O–H groups in total. The van der Waals surface area contributed by atoms with Gasteiger partial charge in [0.15, 0.2) is 6.61 Å². The van der Waals surface area contributed by atoms with Crippen LogP contribution in [-0.2, 0) is 4.79 Å². The molecule has 0 unspecified atom stereocenters. The van der Waals surface area contributed by atoms with Crippen LogP contribution in [0.15, 0.2) is 59.8 Å². The van der Waals surface area contributed by atoms with Crippen molar-refractivity contribution in [3.63, 3.8) is 0 Å². The normalized spacial score (nSPS) is 11.1. The number of aromatic nitrogens is 2. The lowest BCUT2D eigenvalue weighted by Crippen LogP contribution is -2.25. The molecule has 6 nitrogen and oxygen atoms in total. The van der Waals surface area contributed by atoms with Crippen LogP contribution in [0.5, 0.6) is 5.75 Å². The molecule has 0 aliphatic carbocycles. The number of rotatable bonds is 7. The number of amides is 1. The second-order valence-electron chi connectivity index (χ2n) is 6.84. The smallest absolute Gasteiger partial charge is 0.277 e. The van der Waals surface area contributed by atoms with Crippen LogP contribution in [0.2, 0.25) is 0 Å². The molecule has 1 heterocycles. The van der Waals surface area contributed by atoms with Crippen molar-refractivity contribution in [1.82, 2.24) is 15.6 Å². The van der Waals surface area contributed by atoms with Crippen molar-refractivity contribution >= 4 is 12.1 Å². The van der Waals surface area contributed by atoms with E-state index in [1.54, 1.807) is 12.4 Å². The number of ether oxygens (including phenoxy) is 1. The Labute approximate surface area is 164 Å². The molecule has 3 rings (SSSR count). The first-order valence-corrected chi connectivity index (χ1v) is 9.18. The lowest BCUT2D eigenvalue weighted by Gasteiger charge is -2.14. The predicted molar refractivity (Wildman–Crippen MR) is 111 cm³/mol.